The molecule has 4 aromatic rings. The topological polar surface area (TPSA) is 111 Å². The standard InChI is InChI=1S/C34H38FN7O4S/c1-25-7-9-28(23-36-25)38-34(43)42(31-6-3-5-27(35)21-31)30-15-19-40(20-16-30)24-26-8-14-33(37-22-26)46-32-12-10-29(11-13-32)41-18-4-17-39(2)47(41,44)45/h3,5-14,21-23,30H,4,15-20,24H2,1-2H3,(H,38,43). The van der Waals surface area contributed by atoms with Crippen LogP contribution in [0.1, 0.15) is 30.5 Å². The molecule has 13 heteroatoms. The van der Waals surface area contributed by atoms with Crippen molar-refractivity contribution in [3.05, 3.63) is 102 Å². The van der Waals surface area contributed by atoms with Crippen LogP contribution in [0.2, 0.25) is 0 Å². The third-order valence-electron chi connectivity index (χ3n) is 8.45. The van der Waals surface area contributed by atoms with E-state index in [4.69, 9.17) is 4.74 Å². The number of aryl methyl sites for hydroxylation is 1. The Morgan fingerprint density at radius 2 is 1.77 bits per heavy atom. The lowest BCUT2D eigenvalue weighted by Crippen LogP contribution is -2.49. The van der Waals surface area contributed by atoms with Crippen molar-refractivity contribution in [2.75, 3.05) is 47.7 Å². The Bertz CT molecular complexity index is 1780. The highest BCUT2D eigenvalue weighted by Crippen LogP contribution is 2.29. The van der Waals surface area contributed by atoms with Crippen LogP contribution in [-0.4, -0.2) is 72.9 Å². The first-order valence-corrected chi connectivity index (χ1v) is 17.0. The number of carbonyl (C=O) groups is 1. The van der Waals surface area contributed by atoms with Gasteiger partial charge in [0.15, 0.2) is 0 Å². The zero-order chi connectivity index (χ0) is 33.0. The average molecular weight is 660 g/mol. The number of aromatic nitrogens is 2. The van der Waals surface area contributed by atoms with E-state index in [0.29, 0.717) is 48.3 Å². The first kappa shape index (κ1) is 32.4. The Kier molecular flexibility index (Phi) is 9.66. The molecule has 0 spiro atoms. The van der Waals surface area contributed by atoms with Crippen LogP contribution in [0, 0.1) is 12.7 Å². The summed E-state index contributed by atoms with van der Waals surface area (Å²) in [6.07, 6.45) is 5.60. The highest BCUT2D eigenvalue weighted by molar-refractivity contribution is 7.90. The molecule has 2 fully saturated rings. The van der Waals surface area contributed by atoms with Crippen LogP contribution in [0.5, 0.6) is 11.6 Å². The fourth-order valence-electron chi connectivity index (χ4n) is 5.90. The Morgan fingerprint density at radius 1 is 0.979 bits per heavy atom. The van der Waals surface area contributed by atoms with Gasteiger partial charge in [-0.25, -0.2) is 14.2 Å². The van der Waals surface area contributed by atoms with Gasteiger partial charge in [-0.05, 0) is 86.3 Å². The van der Waals surface area contributed by atoms with Gasteiger partial charge >= 0.3 is 16.2 Å². The molecular weight excluding hydrogens is 621 g/mol. The minimum atomic E-state index is -3.51. The fraction of sp³-hybridized carbons (Fsp3) is 0.324. The summed E-state index contributed by atoms with van der Waals surface area (Å²) in [5.74, 6) is 0.600. The lowest BCUT2D eigenvalue weighted by atomic mass is 10.0. The van der Waals surface area contributed by atoms with Gasteiger partial charge in [0, 0.05) is 69.5 Å². The highest BCUT2D eigenvalue weighted by Gasteiger charge is 2.31. The fourth-order valence-corrected chi connectivity index (χ4v) is 7.35. The molecule has 0 radical (unpaired) electrons. The number of likely N-dealkylation sites (tertiary alicyclic amines) is 1. The van der Waals surface area contributed by atoms with Gasteiger partial charge in [-0.3, -0.25) is 19.1 Å². The van der Waals surface area contributed by atoms with Gasteiger partial charge in [-0.1, -0.05) is 12.1 Å². The largest absolute Gasteiger partial charge is 0.439 e. The summed E-state index contributed by atoms with van der Waals surface area (Å²) in [5, 5.41) is 2.92. The molecule has 2 amide bonds. The van der Waals surface area contributed by atoms with E-state index in [2.05, 4.69) is 20.2 Å². The predicted octanol–water partition coefficient (Wildman–Crippen LogP) is 5.81. The average Bonchev–Trinajstić information content (AvgIpc) is 3.06. The molecule has 0 bridgehead atoms. The molecule has 0 aliphatic carbocycles. The van der Waals surface area contributed by atoms with E-state index in [0.717, 1.165) is 43.6 Å². The molecule has 2 aliphatic heterocycles. The van der Waals surface area contributed by atoms with Crippen LogP contribution < -0.4 is 19.3 Å². The monoisotopic (exact) mass is 659 g/mol. The van der Waals surface area contributed by atoms with Gasteiger partial charge in [0.05, 0.1) is 17.6 Å². The second kappa shape index (κ2) is 14.0. The molecule has 11 nitrogen and oxygen atoms in total. The number of benzene rings is 2. The van der Waals surface area contributed by atoms with E-state index in [9.17, 15) is 17.6 Å². The molecule has 0 unspecified atom stereocenters. The molecular formula is C34H38FN7O4S. The minimum Gasteiger partial charge on any atom is -0.439 e. The van der Waals surface area contributed by atoms with Gasteiger partial charge < -0.3 is 10.1 Å². The van der Waals surface area contributed by atoms with E-state index in [-0.39, 0.29) is 12.1 Å². The summed E-state index contributed by atoms with van der Waals surface area (Å²) in [5.41, 5.74) is 3.57. The Hall–Kier alpha value is -4.59. The summed E-state index contributed by atoms with van der Waals surface area (Å²) in [6, 6.07) is 20.1. The van der Waals surface area contributed by atoms with Crippen molar-refractivity contribution >= 4 is 33.3 Å². The number of hydrogen-bond acceptors (Lipinski definition) is 7. The van der Waals surface area contributed by atoms with Crippen molar-refractivity contribution in [2.45, 2.75) is 38.8 Å². The molecule has 246 valence electrons. The summed E-state index contributed by atoms with van der Waals surface area (Å²) in [7, 11) is -1.92. The molecule has 2 aromatic carbocycles. The summed E-state index contributed by atoms with van der Waals surface area (Å²) in [6.45, 7) is 5.03. The Labute approximate surface area is 274 Å². The number of anilines is 3. The van der Waals surface area contributed by atoms with E-state index < -0.39 is 16.0 Å². The number of nitrogens with one attached hydrogen (secondary N) is 1. The number of pyridine rings is 2. The van der Waals surface area contributed by atoms with Crippen LogP contribution >= 0.6 is 0 Å². The molecule has 2 aromatic heterocycles. The molecule has 2 aliphatic rings. The number of urea groups is 1. The van der Waals surface area contributed by atoms with Crippen molar-refractivity contribution < 1.29 is 22.3 Å². The quantitative estimate of drug-likeness (QED) is 0.254. The zero-order valence-electron chi connectivity index (χ0n) is 26.4. The third-order valence-corrected chi connectivity index (χ3v) is 10.4. The van der Waals surface area contributed by atoms with Crippen molar-refractivity contribution in [2.24, 2.45) is 0 Å². The van der Waals surface area contributed by atoms with E-state index in [1.165, 1.54) is 20.7 Å². The first-order chi connectivity index (χ1) is 22.7. The third kappa shape index (κ3) is 7.70. The lowest BCUT2D eigenvalue weighted by molar-refractivity contribution is 0.199. The molecule has 1 N–H and O–H groups in total. The highest BCUT2D eigenvalue weighted by atomic mass is 32.2. The lowest BCUT2D eigenvalue weighted by Gasteiger charge is -2.38. The van der Waals surface area contributed by atoms with Gasteiger partial charge in [0.1, 0.15) is 11.6 Å². The van der Waals surface area contributed by atoms with Crippen LogP contribution in [0.15, 0.2) is 85.2 Å². The Balaban J connectivity index is 1.04. The summed E-state index contributed by atoms with van der Waals surface area (Å²) >= 11 is 0. The summed E-state index contributed by atoms with van der Waals surface area (Å²) in [4.78, 5) is 26.2. The van der Waals surface area contributed by atoms with E-state index >= 15 is 0 Å². The van der Waals surface area contributed by atoms with Gasteiger partial charge in [0.2, 0.25) is 5.88 Å². The number of halogens is 1. The Morgan fingerprint density at radius 3 is 2.45 bits per heavy atom. The maximum Gasteiger partial charge on any atom is 0.326 e. The zero-order valence-corrected chi connectivity index (χ0v) is 27.2. The number of carbonyl (C=O) groups excluding carboxylic acids is 1. The number of nitrogens with zero attached hydrogens (tertiary/aromatic N) is 6. The second-order valence-corrected chi connectivity index (χ2v) is 13.8. The number of piperidine rings is 1. The van der Waals surface area contributed by atoms with Crippen molar-refractivity contribution in [3.63, 3.8) is 0 Å². The summed E-state index contributed by atoms with van der Waals surface area (Å²) < 4.78 is 48.2. The molecule has 0 saturated carbocycles. The van der Waals surface area contributed by atoms with Crippen LogP contribution in [0.3, 0.4) is 0 Å². The van der Waals surface area contributed by atoms with Crippen molar-refractivity contribution in [1.82, 2.24) is 19.2 Å². The maximum atomic E-state index is 14.2. The normalized spacial score (nSPS) is 17.3. The molecule has 6 rings (SSSR count). The molecule has 47 heavy (non-hydrogen) atoms. The van der Waals surface area contributed by atoms with Crippen molar-refractivity contribution in [1.29, 1.82) is 0 Å². The minimum absolute atomic E-state index is 0.109. The van der Waals surface area contributed by atoms with Crippen molar-refractivity contribution in [3.8, 4) is 11.6 Å². The number of hydrogen-bond donors (Lipinski definition) is 1. The number of ether oxygens (including phenoxy) is 1. The SMILES string of the molecule is Cc1ccc(NC(=O)N(c2cccc(F)c2)C2CCN(Cc3ccc(Oc4ccc(N5CCCN(C)S5(=O)=O)cc4)nc3)CC2)cn1. The predicted molar refractivity (Wildman–Crippen MR) is 179 cm³/mol. The van der Waals surface area contributed by atoms with Crippen LogP contribution in [0.25, 0.3) is 0 Å². The van der Waals surface area contributed by atoms with Gasteiger partial charge in [-0.2, -0.15) is 12.7 Å². The van der Waals surface area contributed by atoms with Gasteiger partial charge in [-0.15, -0.1) is 0 Å². The number of amides is 2. The number of rotatable bonds is 8. The van der Waals surface area contributed by atoms with Gasteiger partial charge in [0.25, 0.3) is 0 Å². The van der Waals surface area contributed by atoms with E-state index in [1.54, 1.807) is 66.8 Å². The molecule has 2 saturated heterocycles. The molecule has 0 atom stereocenters. The second-order valence-electron chi connectivity index (χ2n) is 11.8. The van der Waals surface area contributed by atoms with Crippen LogP contribution in [0.4, 0.5) is 26.2 Å². The van der Waals surface area contributed by atoms with Crippen LogP contribution in [-0.2, 0) is 16.8 Å². The molecule has 4 heterocycles. The first-order valence-electron chi connectivity index (χ1n) is 15.6. The maximum absolute atomic E-state index is 14.2. The smallest absolute Gasteiger partial charge is 0.326 e. The van der Waals surface area contributed by atoms with E-state index in [1.807, 2.05) is 25.1 Å².